The van der Waals surface area contributed by atoms with Gasteiger partial charge in [-0.05, 0) is 24.3 Å². The maximum absolute atomic E-state index is 4.39. The molecule has 4 aromatic rings. The second-order valence-electron chi connectivity index (χ2n) is 3.70. The molecule has 3 heteroatoms. The molecule has 0 spiro atoms. The molecule has 0 saturated heterocycles. The molecule has 15 heavy (non-hydrogen) atoms. The summed E-state index contributed by atoms with van der Waals surface area (Å²) in [6.07, 6.45) is 5.70. The second-order valence-corrected chi connectivity index (χ2v) is 3.70. The van der Waals surface area contributed by atoms with Crippen LogP contribution in [0.25, 0.3) is 27.3 Å². The summed E-state index contributed by atoms with van der Waals surface area (Å²) < 4.78 is 2.04. The molecule has 4 rings (SSSR count). The van der Waals surface area contributed by atoms with Gasteiger partial charge in [0, 0.05) is 23.2 Å². The Bertz CT molecular complexity index is 770. The van der Waals surface area contributed by atoms with Crippen LogP contribution < -0.4 is 0 Å². The third-order valence-electron chi connectivity index (χ3n) is 2.87. The van der Waals surface area contributed by atoms with E-state index < -0.39 is 0 Å². The van der Waals surface area contributed by atoms with Crippen LogP contribution in [0.2, 0.25) is 0 Å². The summed E-state index contributed by atoms with van der Waals surface area (Å²) in [5.41, 5.74) is 3.25. The van der Waals surface area contributed by atoms with Crippen molar-refractivity contribution in [2.24, 2.45) is 0 Å². The van der Waals surface area contributed by atoms with E-state index in [0.29, 0.717) is 0 Å². The van der Waals surface area contributed by atoms with E-state index in [0.717, 1.165) is 21.9 Å². The molecule has 3 nitrogen and oxygen atoms in total. The Morgan fingerprint density at radius 2 is 2.13 bits per heavy atom. The quantitative estimate of drug-likeness (QED) is 0.429. The number of hydrogen-bond acceptors (Lipinski definition) is 2. The van der Waals surface area contributed by atoms with Gasteiger partial charge in [-0.1, -0.05) is 0 Å². The first-order valence-corrected chi connectivity index (χ1v) is 4.86. The third kappa shape index (κ3) is 0.760. The second kappa shape index (κ2) is 2.25. The van der Waals surface area contributed by atoms with Crippen molar-refractivity contribution in [2.45, 2.75) is 0 Å². The van der Waals surface area contributed by atoms with Crippen molar-refractivity contribution in [1.82, 2.24) is 14.4 Å². The Hall–Kier alpha value is -2.16. The average Bonchev–Trinajstić information content (AvgIpc) is 2.87. The summed E-state index contributed by atoms with van der Waals surface area (Å²) >= 11 is 0. The maximum atomic E-state index is 4.39. The fourth-order valence-corrected chi connectivity index (χ4v) is 2.21. The molecule has 0 amide bonds. The summed E-state index contributed by atoms with van der Waals surface area (Å²) in [6, 6.07) is 8.23. The van der Waals surface area contributed by atoms with E-state index in [-0.39, 0.29) is 0 Å². The Morgan fingerprint density at radius 3 is 3.13 bits per heavy atom. The zero-order chi connectivity index (χ0) is 9.83. The number of pyridine rings is 1. The van der Waals surface area contributed by atoms with Gasteiger partial charge in [-0.25, -0.2) is 4.98 Å². The third-order valence-corrected chi connectivity index (χ3v) is 2.87. The first-order chi connectivity index (χ1) is 7.43. The highest BCUT2D eigenvalue weighted by Crippen LogP contribution is 2.27. The van der Waals surface area contributed by atoms with E-state index in [1.54, 1.807) is 0 Å². The molecule has 3 aromatic heterocycles. The highest BCUT2D eigenvalue weighted by molar-refractivity contribution is 6.11. The Balaban J connectivity index is 2.51. The van der Waals surface area contributed by atoms with Gasteiger partial charge in [0.15, 0.2) is 0 Å². The number of rotatable bonds is 0. The van der Waals surface area contributed by atoms with Crippen LogP contribution >= 0.6 is 0 Å². The van der Waals surface area contributed by atoms with Crippen LogP contribution in [0, 0.1) is 0 Å². The van der Waals surface area contributed by atoms with Gasteiger partial charge in [-0.3, -0.25) is 4.98 Å². The maximum Gasteiger partial charge on any atom is 0.0999 e. The number of nitrogens with zero attached hydrogens (tertiary/aromatic N) is 3. The van der Waals surface area contributed by atoms with E-state index in [2.05, 4.69) is 22.1 Å². The molecule has 0 fully saturated rings. The SMILES string of the molecule is c1cc2c3nccc3cc3ncn(c1)c32. The van der Waals surface area contributed by atoms with E-state index in [1.807, 2.05) is 35.3 Å². The molecular weight excluding hydrogens is 186 g/mol. The van der Waals surface area contributed by atoms with Gasteiger partial charge in [0.25, 0.3) is 0 Å². The van der Waals surface area contributed by atoms with Gasteiger partial charge in [0.1, 0.15) is 0 Å². The predicted molar refractivity (Wildman–Crippen MR) is 59.2 cm³/mol. The van der Waals surface area contributed by atoms with Crippen molar-refractivity contribution in [1.29, 1.82) is 0 Å². The van der Waals surface area contributed by atoms with Crippen LogP contribution in [0.1, 0.15) is 0 Å². The topological polar surface area (TPSA) is 30.2 Å². The standard InChI is InChI=1S/C12H7N3/c1-2-9-11-8(3-4-13-11)6-10-12(9)15(5-1)7-14-10/h1-7H. The fraction of sp³-hybridized carbons (Fsp3) is 0. The minimum Gasteiger partial charge on any atom is -0.305 e. The minimum absolute atomic E-state index is 1.03. The zero-order valence-corrected chi connectivity index (χ0v) is 7.88. The van der Waals surface area contributed by atoms with Gasteiger partial charge < -0.3 is 4.40 Å². The lowest BCUT2D eigenvalue weighted by molar-refractivity contribution is 1.16. The Morgan fingerprint density at radius 1 is 1.13 bits per heavy atom. The van der Waals surface area contributed by atoms with Crippen molar-refractivity contribution >= 4 is 27.3 Å². The summed E-state index contributed by atoms with van der Waals surface area (Å²) in [5, 5.41) is 2.34. The summed E-state index contributed by atoms with van der Waals surface area (Å²) in [5.74, 6) is 0. The van der Waals surface area contributed by atoms with Gasteiger partial charge in [0.2, 0.25) is 0 Å². The van der Waals surface area contributed by atoms with Gasteiger partial charge in [-0.15, -0.1) is 0 Å². The molecule has 0 aliphatic carbocycles. The van der Waals surface area contributed by atoms with Gasteiger partial charge in [-0.2, -0.15) is 0 Å². The average molecular weight is 193 g/mol. The first kappa shape index (κ1) is 7.17. The smallest absolute Gasteiger partial charge is 0.0999 e. The minimum atomic E-state index is 1.03. The van der Waals surface area contributed by atoms with Crippen molar-refractivity contribution in [3.8, 4) is 0 Å². The first-order valence-electron chi connectivity index (χ1n) is 4.86. The number of benzene rings is 1. The highest BCUT2D eigenvalue weighted by Gasteiger charge is 2.08. The number of fused-ring (bicyclic) bond motifs is 2. The molecule has 3 heterocycles. The van der Waals surface area contributed by atoms with Crippen molar-refractivity contribution in [3.05, 3.63) is 43.0 Å². The number of aromatic nitrogens is 3. The normalized spacial score (nSPS) is 12.0. The Labute approximate surface area is 85.3 Å². The molecule has 0 unspecified atom stereocenters. The van der Waals surface area contributed by atoms with Crippen molar-refractivity contribution in [3.63, 3.8) is 0 Å². The summed E-state index contributed by atoms with van der Waals surface area (Å²) in [7, 11) is 0. The molecule has 0 saturated carbocycles. The van der Waals surface area contributed by atoms with Crippen LogP contribution in [-0.4, -0.2) is 14.4 Å². The van der Waals surface area contributed by atoms with E-state index >= 15 is 0 Å². The lowest BCUT2D eigenvalue weighted by Crippen LogP contribution is -1.83. The monoisotopic (exact) mass is 193 g/mol. The largest absolute Gasteiger partial charge is 0.305 e. The number of imidazole rings is 1. The van der Waals surface area contributed by atoms with Gasteiger partial charge >= 0.3 is 0 Å². The van der Waals surface area contributed by atoms with Crippen molar-refractivity contribution < 1.29 is 0 Å². The summed E-state index contributed by atoms with van der Waals surface area (Å²) in [6.45, 7) is 0. The van der Waals surface area contributed by atoms with Crippen LogP contribution in [0.5, 0.6) is 0 Å². The fourth-order valence-electron chi connectivity index (χ4n) is 2.21. The van der Waals surface area contributed by atoms with Gasteiger partial charge in [0.05, 0.1) is 22.9 Å². The molecule has 0 aliphatic rings. The molecule has 1 aromatic carbocycles. The van der Waals surface area contributed by atoms with Crippen LogP contribution in [-0.2, 0) is 0 Å². The lowest BCUT2D eigenvalue weighted by Gasteiger charge is -1.99. The molecule has 0 N–H and O–H groups in total. The molecule has 0 bridgehead atoms. The van der Waals surface area contributed by atoms with E-state index in [4.69, 9.17) is 0 Å². The van der Waals surface area contributed by atoms with Crippen LogP contribution in [0.4, 0.5) is 0 Å². The molecule has 0 atom stereocenters. The number of hydrogen-bond donors (Lipinski definition) is 0. The van der Waals surface area contributed by atoms with Crippen molar-refractivity contribution in [2.75, 3.05) is 0 Å². The van der Waals surface area contributed by atoms with Crippen LogP contribution in [0.15, 0.2) is 43.0 Å². The lowest BCUT2D eigenvalue weighted by atomic mass is 10.1. The van der Waals surface area contributed by atoms with E-state index in [9.17, 15) is 0 Å². The predicted octanol–water partition coefficient (Wildman–Crippen LogP) is 2.47. The zero-order valence-electron chi connectivity index (χ0n) is 7.88. The molecular formula is C12H7N3. The van der Waals surface area contributed by atoms with E-state index in [1.165, 1.54) is 5.39 Å². The Kier molecular flexibility index (Phi) is 1.08. The molecule has 0 radical (unpaired) electrons. The summed E-state index contributed by atoms with van der Waals surface area (Å²) in [4.78, 5) is 8.77. The molecule has 70 valence electrons. The van der Waals surface area contributed by atoms with Crippen LogP contribution in [0.3, 0.4) is 0 Å². The molecule has 0 aliphatic heterocycles. The highest BCUT2D eigenvalue weighted by atomic mass is 15.0.